The molecule has 1 aromatic carbocycles. The lowest BCUT2D eigenvalue weighted by Gasteiger charge is -2.44. The van der Waals surface area contributed by atoms with Crippen LogP contribution >= 0.6 is 0 Å². The molecule has 21 heavy (non-hydrogen) atoms. The van der Waals surface area contributed by atoms with E-state index in [4.69, 9.17) is 0 Å². The van der Waals surface area contributed by atoms with E-state index in [1.54, 1.807) is 0 Å². The number of likely N-dealkylation sites (tertiary alicyclic amines) is 1. The molecular formula is C19H28N2. The molecule has 4 rings (SSSR count). The normalized spacial score (nSPS) is 25.1. The van der Waals surface area contributed by atoms with Crippen molar-refractivity contribution in [1.82, 2.24) is 10.2 Å². The number of nitrogens with zero attached hydrogens (tertiary/aromatic N) is 1. The Labute approximate surface area is 128 Å². The van der Waals surface area contributed by atoms with Crippen LogP contribution in [0.25, 0.3) is 0 Å². The summed E-state index contributed by atoms with van der Waals surface area (Å²) in [6.45, 7) is 5.90. The predicted molar refractivity (Wildman–Crippen MR) is 87.0 cm³/mol. The standard InChI is InChI=1S/C19H28N2/c1-2-6-19(7-3-1)8-10-21(11-9-19)15-16-4-5-17-13-20-14-18(17)12-16/h4-5,12,20H,1-3,6-11,13-15H2. The fraction of sp³-hybridized carbons (Fsp3) is 0.684. The van der Waals surface area contributed by atoms with Crippen LogP contribution in [0.15, 0.2) is 18.2 Å². The first-order valence-corrected chi connectivity index (χ1v) is 8.87. The first kappa shape index (κ1) is 13.8. The SMILES string of the molecule is c1cc2c(cc1CN1CCC3(CCCCC3)CC1)CNC2. The number of piperidine rings is 1. The van der Waals surface area contributed by atoms with Gasteiger partial charge in [-0.2, -0.15) is 0 Å². The van der Waals surface area contributed by atoms with Crippen LogP contribution in [-0.2, 0) is 19.6 Å². The van der Waals surface area contributed by atoms with Gasteiger partial charge in [-0.05, 0) is 60.9 Å². The Morgan fingerprint density at radius 2 is 1.67 bits per heavy atom. The van der Waals surface area contributed by atoms with Gasteiger partial charge in [-0.1, -0.05) is 37.5 Å². The average molecular weight is 284 g/mol. The van der Waals surface area contributed by atoms with E-state index in [2.05, 4.69) is 28.4 Å². The highest BCUT2D eigenvalue weighted by molar-refractivity contribution is 5.34. The van der Waals surface area contributed by atoms with Crippen molar-refractivity contribution in [3.63, 3.8) is 0 Å². The van der Waals surface area contributed by atoms with Gasteiger partial charge in [-0.15, -0.1) is 0 Å². The Hall–Kier alpha value is -0.860. The number of benzene rings is 1. The fourth-order valence-corrected chi connectivity index (χ4v) is 4.69. The van der Waals surface area contributed by atoms with Crippen LogP contribution in [0, 0.1) is 5.41 Å². The molecule has 0 unspecified atom stereocenters. The maximum absolute atomic E-state index is 3.44. The van der Waals surface area contributed by atoms with Crippen LogP contribution in [0.4, 0.5) is 0 Å². The summed E-state index contributed by atoms with van der Waals surface area (Å²) in [5, 5.41) is 3.44. The minimum Gasteiger partial charge on any atom is -0.309 e. The molecule has 0 amide bonds. The second-order valence-corrected chi connectivity index (χ2v) is 7.54. The molecule has 1 N–H and O–H groups in total. The number of hydrogen-bond acceptors (Lipinski definition) is 2. The highest BCUT2D eigenvalue weighted by atomic mass is 15.1. The summed E-state index contributed by atoms with van der Waals surface area (Å²) < 4.78 is 0. The van der Waals surface area contributed by atoms with E-state index in [1.165, 1.54) is 74.7 Å². The summed E-state index contributed by atoms with van der Waals surface area (Å²) in [6, 6.07) is 7.11. The summed E-state index contributed by atoms with van der Waals surface area (Å²) in [6.07, 6.45) is 10.3. The lowest BCUT2D eigenvalue weighted by atomic mass is 9.68. The molecule has 2 heterocycles. The fourth-order valence-electron chi connectivity index (χ4n) is 4.69. The molecule has 1 aromatic rings. The summed E-state index contributed by atoms with van der Waals surface area (Å²) in [7, 11) is 0. The summed E-state index contributed by atoms with van der Waals surface area (Å²) in [5.41, 5.74) is 5.26. The topological polar surface area (TPSA) is 15.3 Å². The zero-order valence-electron chi connectivity index (χ0n) is 13.2. The Kier molecular flexibility index (Phi) is 3.76. The van der Waals surface area contributed by atoms with Gasteiger partial charge in [0, 0.05) is 19.6 Å². The summed E-state index contributed by atoms with van der Waals surface area (Å²) in [5.74, 6) is 0. The van der Waals surface area contributed by atoms with Crippen molar-refractivity contribution in [3.8, 4) is 0 Å². The zero-order chi connectivity index (χ0) is 14.1. The van der Waals surface area contributed by atoms with Gasteiger partial charge in [0.05, 0.1) is 0 Å². The Bertz CT molecular complexity index is 492. The molecule has 0 aromatic heterocycles. The van der Waals surface area contributed by atoms with Crippen LogP contribution in [0.1, 0.15) is 61.6 Å². The van der Waals surface area contributed by atoms with Crippen molar-refractivity contribution in [1.29, 1.82) is 0 Å². The van der Waals surface area contributed by atoms with Gasteiger partial charge in [-0.25, -0.2) is 0 Å². The van der Waals surface area contributed by atoms with Crippen LogP contribution in [0.2, 0.25) is 0 Å². The van der Waals surface area contributed by atoms with E-state index in [0.29, 0.717) is 0 Å². The molecule has 2 fully saturated rings. The van der Waals surface area contributed by atoms with Crippen molar-refractivity contribution >= 4 is 0 Å². The van der Waals surface area contributed by atoms with Gasteiger partial charge in [0.2, 0.25) is 0 Å². The quantitative estimate of drug-likeness (QED) is 0.888. The maximum atomic E-state index is 3.44. The van der Waals surface area contributed by atoms with Gasteiger partial charge in [0.15, 0.2) is 0 Å². The van der Waals surface area contributed by atoms with Crippen molar-refractivity contribution in [3.05, 3.63) is 34.9 Å². The van der Waals surface area contributed by atoms with Gasteiger partial charge >= 0.3 is 0 Å². The number of nitrogens with one attached hydrogen (secondary N) is 1. The van der Waals surface area contributed by atoms with Crippen molar-refractivity contribution in [2.24, 2.45) is 5.41 Å². The molecule has 0 bridgehead atoms. The van der Waals surface area contributed by atoms with E-state index in [-0.39, 0.29) is 0 Å². The Balaban J connectivity index is 1.36. The molecule has 1 saturated carbocycles. The zero-order valence-corrected chi connectivity index (χ0v) is 13.2. The lowest BCUT2D eigenvalue weighted by molar-refractivity contribution is 0.0641. The van der Waals surface area contributed by atoms with Gasteiger partial charge in [0.25, 0.3) is 0 Å². The molecule has 2 aliphatic heterocycles. The minimum atomic E-state index is 0.733. The van der Waals surface area contributed by atoms with Crippen LogP contribution < -0.4 is 5.32 Å². The largest absolute Gasteiger partial charge is 0.309 e. The van der Waals surface area contributed by atoms with Crippen molar-refractivity contribution in [2.75, 3.05) is 13.1 Å². The maximum Gasteiger partial charge on any atom is 0.0233 e. The van der Waals surface area contributed by atoms with Gasteiger partial charge in [-0.3, -0.25) is 4.90 Å². The minimum absolute atomic E-state index is 0.733. The molecule has 2 heteroatoms. The smallest absolute Gasteiger partial charge is 0.0233 e. The highest BCUT2D eigenvalue weighted by Crippen LogP contribution is 2.44. The third-order valence-electron chi connectivity index (χ3n) is 6.14. The Morgan fingerprint density at radius 1 is 0.905 bits per heavy atom. The van der Waals surface area contributed by atoms with E-state index < -0.39 is 0 Å². The second-order valence-electron chi connectivity index (χ2n) is 7.54. The first-order valence-electron chi connectivity index (χ1n) is 8.87. The van der Waals surface area contributed by atoms with Crippen LogP contribution in [0.3, 0.4) is 0 Å². The molecular weight excluding hydrogens is 256 g/mol. The molecule has 1 aliphatic carbocycles. The van der Waals surface area contributed by atoms with E-state index >= 15 is 0 Å². The molecule has 1 spiro atoms. The third kappa shape index (κ3) is 2.89. The lowest BCUT2D eigenvalue weighted by Crippen LogP contribution is -2.40. The highest BCUT2D eigenvalue weighted by Gasteiger charge is 2.35. The first-order chi connectivity index (χ1) is 10.3. The van der Waals surface area contributed by atoms with Crippen molar-refractivity contribution in [2.45, 2.75) is 64.6 Å². The molecule has 0 radical (unpaired) electrons. The molecule has 2 nitrogen and oxygen atoms in total. The van der Waals surface area contributed by atoms with E-state index in [0.717, 1.165) is 25.0 Å². The monoisotopic (exact) mass is 284 g/mol. The second kappa shape index (κ2) is 5.73. The third-order valence-corrected chi connectivity index (χ3v) is 6.14. The van der Waals surface area contributed by atoms with E-state index in [9.17, 15) is 0 Å². The average Bonchev–Trinajstić information content (AvgIpc) is 2.98. The molecule has 0 atom stereocenters. The Morgan fingerprint density at radius 3 is 2.48 bits per heavy atom. The molecule has 1 saturated heterocycles. The van der Waals surface area contributed by atoms with Crippen LogP contribution in [0.5, 0.6) is 0 Å². The number of rotatable bonds is 2. The summed E-state index contributed by atoms with van der Waals surface area (Å²) in [4.78, 5) is 2.68. The molecule has 114 valence electrons. The number of fused-ring (bicyclic) bond motifs is 1. The number of hydrogen-bond donors (Lipinski definition) is 1. The van der Waals surface area contributed by atoms with Gasteiger partial charge in [0.1, 0.15) is 0 Å². The molecule has 3 aliphatic rings. The predicted octanol–water partition coefficient (Wildman–Crippen LogP) is 3.84. The van der Waals surface area contributed by atoms with Crippen molar-refractivity contribution < 1.29 is 0 Å². The summed E-state index contributed by atoms with van der Waals surface area (Å²) >= 11 is 0. The van der Waals surface area contributed by atoms with Gasteiger partial charge < -0.3 is 5.32 Å². The van der Waals surface area contributed by atoms with E-state index in [1.807, 2.05) is 0 Å². The van der Waals surface area contributed by atoms with Crippen LogP contribution in [-0.4, -0.2) is 18.0 Å².